The SMILES string of the molecule is C=CCOc1cccc(C2C(=C(O)c3ccc(OC)cc3)C(=O)C(=O)N2c2nnc(C)s2)c1. The molecule has 3 aromatic rings. The third kappa shape index (κ3) is 4.22. The van der Waals surface area contributed by atoms with Crippen molar-refractivity contribution in [3.05, 3.63) is 82.9 Å². The third-order valence-corrected chi connectivity index (χ3v) is 5.91. The number of aliphatic hydroxyl groups excluding tert-OH is 1. The number of ketones is 1. The molecule has 8 nitrogen and oxygen atoms in total. The summed E-state index contributed by atoms with van der Waals surface area (Å²) in [7, 11) is 1.53. The first-order chi connectivity index (χ1) is 15.9. The minimum atomic E-state index is -0.910. The van der Waals surface area contributed by atoms with Crippen LogP contribution in [0.2, 0.25) is 0 Å². The topological polar surface area (TPSA) is 102 Å². The van der Waals surface area contributed by atoms with Gasteiger partial charge in [0, 0.05) is 5.56 Å². The highest BCUT2D eigenvalue weighted by Gasteiger charge is 2.48. The Morgan fingerprint density at radius 2 is 1.94 bits per heavy atom. The monoisotopic (exact) mass is 463 g/mol. The number of benzene rings is 2. The first-order valence-electron chi connectivity index (χ1n) is 10.0. The molecule has 168 valence electrons. The van der Waals surface area contributed by atoms with Crippen LogP contribution in [0.1, 0.15) is 22.2 Å². The molecule has 1 N–H and O–H groups in total. The maximum Gasteiger partial charge on any atom is 0.301 e. The third-order valence-electron chi connectivity index (χ3n) is 5.07. The Morgan fingerprint density at radius 3 is 2.58 bits per heavy atom. The molecule has 9 heteroatoms. The van der Waals surface area contributed by atoms with Crippen LogP contribution in [0.25, 0.3) is 5.76 Å². The zero-order chi connectivity index (χ0) is 23.5. The van der Waals surface area contributed by atoms with E-state index in [1.807, 2.05) is 0 Å². The van der Waals surface area contributed by atoms with E-state index in [2.05, 4.69) is 16.8 Å². The van der Waals surface area contributed by atoms with Crippen LogP contribution >= 0.6 is 11.3 Å². The van der Waals surface area contributed by atoms with Gasteiger partial charge in [-0.15, -0.1) is 10.2 Å². The summed E-state index contributed by atoms with van der Waals surface area (Å²) in [5, 5.41) is 20.1. The molecule has 33 heavy (non-hydrogen) atoms. The van der Waals surface area contributed by atoms with Crippen LogP contribution in [0.3, 0.4) is 0 Å². The summed E-state index contributed by atoms with van der Waals surface area (Å²) in [5.41, 5.74) is 0.920. The van der Waals surface area contributed by atoms with Crippen molar-refractivity contribution in [1.29, 1.82) is 0 Å². The highest BCUT2D eigenvalue weighted by molar-refractivity contribution is 7.15. The van der Waals surface area contributed by atoms with Gasteiger partial charge in [0.25, 0.3) is 5.78 Å². The van der Waals surface area contributed by atoms with Crippen LogP contribution in [-0.2, 0) is 9.59 Å². The second-order valence-electron chi connectivity index (χ2n) is 7.17. The summed E-state index contributed by atoms with van der Waals surface area (Å²) in [5.74, 6) is -0.750. The van der Waals surface area contributed by atoms with Crippen molar-refractivity contribution < 1.29 is 24.2 Å². The summed E-state index contributed by atoms with van der Waals surface area (Å²) in [4.78, 5) is 27.5. The van der Waals surface area contributed by atoms with Crippen molar-refractivity contribution in [3.63, 3.8) is 0 Å². The Bertz CT molecular complexity index is 1250. The van der Waals surface area contributed by atoms with Gasteiger partial charge in [0.15, 0.2) is 0 Å². The minimum absolute atomic E-state index is 0.0427. The van der Waals surface area contributed by atoms with Crippen molar-refractivity contribution in [2.75, 3.05) is 18.6 Å². The van der Waals surface area contributed by atoms with Crippen molar-refractivity contribution in [1.82, 2.24) is 10.2 Å². The van der Waals surface area contributed by atoms with E-state index in [9.17, 15) is 14.7 Å². The number of amides is 1. The summed E-state index contributed by atoms with van der Waals surface area (Å²) in [6, 6.07) is 12.7. The van der Waals surface area contributed by atoms with Crippen LogP contribution < -0.4 is 14.4 Å². The molecule has 0 aliphatic carbocycles. The molecule has 0 saturated carbocycles. The molecule has 0 bridgehead atoms. The zero-order valence-corrected chi connectivity index (χ0v) is 18.8. The molecule has 0 radical (unpaired) electrons. The van der Waals surface area contributed by atoms with Crippen molar-refractivity contribution in [3.8, 4) is 11.5 Å². The molecule has 1 fully saturated rings. The number of aryl methyl sites for hydroxylation is 1. The molecule has 1 unspecified atom stereocenters. The molecule has 2 heterocycles. The molecule has 0 spiro atoms. The van der Waals surface area contributed by atoms with Gasteiger partial charge in [0.2, 0.25) is 5.13 Å². The molecule has 1 aromatic heterocycles. The Balaban J connectivity index is 1.89. The lowest BCUT2D eigenvalue weighted by atomic mass is 9.95. The van der Waals surface area contributed by atoms with Gasteiger partial charge < -0.3 is 14.6 Å². The van der Waals surface area contributed by atoms with E-state index in [1.165, 1.54) is 23.3 Å². The number of aromatic nitrogens is 2. The van der Waals surface area contributed by atoms with Crippen LogP contribution in [0.15, 0.2) is 66.8 Å². The fraction of sp³-hybridized carbons (Fsp3) is 0.167. The summed E-state index contributed by atoms with van der Waals surface area (Å²) in [6.07, 6.45) is 1.62. The number of carbonyl (C=O) groups is 2. The van der Waals surface area contributed by atoms with E-state index >= 15 is 0 Å². The molecule has 1 atom stereocenters. The number of rotatable bonds is 7. The lowest BCUT2D eigenvalue weighted by Gasteiger charge is -2.23. The van der Waals surface area contributed by atoms with Crippen molar-refractivity contribution >= 4 is 33.9 Å². The Morgan fingerprint density at radius 1 is 1.18 bits per heavy atom. The average molecular weight is 464 g/mol. The smallest absolute Gasteiger partial charge is 0.301 e. The number of hydrogen-bond donors (Lipinski definition) is 1. The van der Waals surface area contributed by atoms with Crippen LogP contribution in [-0.4, -0.2) is 40.7 Å². The summed E-state index contributed by atoms with van der Waals surface area (Å²) in [6.45, 7) is 5.70. The molecular weight excluding hydrogens is 442 g/mol. The van der Waals surface area contributed by atoms with Crippen molar-refractivity contribution in [2.45, 2.75) is 13.0 Å². The van der Waals surface area contributed by atoms with Gasteiger partial charge >= 0.3 is 5.91 Å². The average Bonchev–Trinajstić information content (AvgIpc) is 3.38. The molecule has 1 aliphatic heterocycles. The number of Topliss-reactive ketones (excluding diaryl/α,β-unsaturated/α-hetero) is 1. The van der Waals surface area contributed by atoms with E-state index in [0.29, 0.717) is 34.2 Å². The fourth-order valence-electron chi connectivity index (χ4n) is 3.56. The molecular formula is C24H21N3O5S. The van der Waals surface area contributed by atoms with E-state index in [0.717, 1.165) is 0 Å². The Hall–Kier alpha value is -3.98. The first-order valence-corrected chi connectivity index (χ1v) is 10.9. The molecule has 4 rings (SSSR count). The number of nitrogens with zero attached hydrogens (tertiary/aromatic N) is 3. The number of aliphatic hydroxyl groups is 1. The molecule has 1 aliphatic rings. The van der Waals surface area contributed by atoms with Gasteiger partial charge in [0.1, 0.15) is 28.9 Å². The largest absolute Gasteiger partial charge is 0.507 e. The second kappa shape index (κ2) is 9.25. The number of hydrogen-bond acceptors (Lipinski definition) is 8. The standard InChI is InChI=1S/C24H21N3O5S/c1-4-12-32-18-7-5-6-16(13-18)20-19(21(28)15-8-10-17(31-3)11-9-15)22(29)23(30)27(20)24-26-25-14(2)33-24/h4-11,13,20,28H,1,12H2,2-3H3. The second-order valence-corrected chi connectivity index (χ2v) is 8.33. The van der Waals surface area contributed by atoms with Gasteiger partial charge in [-0.1, -0.05) is 36.1 Å². The number of ether oxygens (including phenoxy) is 2. The first kappa shape index (κ1) is 22.2. The van der Waals surface area contributed by atoms with Gasteiger partial charge in [-0.3, -0.25) is 14.5 Å². The van der Waals surface area contributed by atoms with Gasteiger partial charge in [-0.2, -0.15) is 0 Å². The zero-order valence-electron chi connectivity index (χ0n) is 18.0. The maximum atomic E-state index is 13.2. The van der Waals surface area contributed by atoms with Crippen LogP contribution in [0, 0.1) is 6.92 Å². The Kier molecular flexibility index (Phi) is 6.23. The van der Waals surface area contributed by atoms with Gasteiger partial charge in [-0.25, -0.2) is 0 Å². The lowest BCUT2D eigenvalue weighted by Crippen LogP contribution is -2.29. The normalized spacial score (nSPS) is 17.3. The maximum absolute atomic E-state index is 13.2. The van der Waals surface area contributed by atoms with E-state index < -0.39 is 17.7 Å². The van der Waals surface area contributed by atoms with Crippen molar-refractivity contribution in [2.24, 2.45) is 0 Å². The number of methoxy groups -OCH3 is 1. The van der Waals surface area contributed by atoms with Gasteiger partial charge in [-0.05, 0) is 48.9 Å². The van der Waals surface area contributed by atoms with Crippen LogP contribution in [0.5, 0.6) is 11.5 Å². The predicted octanol–water partition coefficient (Wildman–Crippen LogP) is 4.05. The molecule has 1 saturated heterocycles. The fourth-order valence-corrected chi connectivity index (χ4v) is 4.28. The summed E-state index contributed by atoms with van der Waals surface area (Å²) < 4.78 is 10.8. The van der Waals surface area contributed by atoms with E-state index in [-0.39, 0.29) is 16.5 Å². The molecule has 2 aromatic carbocycles. The predicted molar refractivity (Wildman–Crippen MR) is 125 cm³/mol. The minimum Gasteiger partial charge on any atom is -0.507 e. The number of carbonyl (C=O) groups excluding carboxylic acids is 2. The highest BCUT2D eigenvalue weighted by atomic mass is 32.1. The highest BCUT2D eigenvalue weighted by Crippen LogP contribution is 2.43. The van der Waals surface area contributed by atoms with E-state index in [4.69, 9.17) is 9.47 Å². The quantitative estimate of drug-likeness (QED) is 0.244. The number of anilines is 1. The van der Waals surface area contributed by atoms with E-state index in [1.54, 1.807) is 61.5 Å². The Labute approximate surface area is 194 Å². The molecule has 1 amide bonds. The summed E-state index contributed by atoms with van der Waals surface area (Å²) >= 11 is 1.19. The van der Waals surface area contributed by atoms with Gasteiger partial charge in [0.05, 0.1) is 18.7 Å². The lowest BCUT2D eigenvalue weighted by molar-refractivity contribution is -0.132. The van der Waals surface area contributed by atoms with Crippen LogP contribution in [0.4, 0.5) is 5.13 Å².